The molecule has 0 unspecified atom stereocenters. The third-order valence-corrected chi connectivity index (χ3v) is 9.87. The summed E-state index contributed by atoms with van der Waals surface area (Å²) in [6.07, 6.45) is 12.9. The molecule has 262 valence electrons. The number of nitrogens with zero attached hydrogens (tertiary/aromatic N) is 3. The van der Waals surface area contributed by atoms with Crippen LogP contribution >= 0.6 is 0 Å². The summed E-state index contributed by atoms with van der Waals surface area (Å²) in [5, 5.41) is 22.0. The van der Waals surface area contributed by atoms with Crippen molar-refractivity contribution in [3.05, 3.63) is 70.5 Å². The van der Waals surface area contributed by atoms with E-state index in [1.165, 1.54) is 62.8 Å². The van der Waals surface area contributed by atoms with Crippen LogP contribution in [-0.2, 0) is 14.8 Å². The Morgan fingerprint density at radius 3 is 1.94 bits per heavy atom. The molecule has 1 aromatic heterocycles. The molecule has 3 N–H and O–H groups in total. The molecule has 0 bridgehead atoms. The second-order valence-electron chi connectivity index (χ2n) is 11.7. The lowest BCUT2D eigenvalue weighted by atomic mass is 10.1. The molecule has 0 spiro atoms. The standard InChI is InChI=1S/C36H51N5O6S/c1-4-7-9-11-13-18-26-41(27-19-14-12-10-8-5-2)48(45,46)30-24-22-29(23-25-30)39-40-33-32(37-28-20-16-15-17-21-28)31(36(44)47-6-3)34(42)38-35(33)43/h15-17,20-25H,4-14,18-19,26-27H2,1-3H3,(H3,37,38,42,43)/b40-39+. The summed E-state index contributed by atoms with van der Waals surface area (Å²) in [6, 6.07) is 14.8. The van der Waals surface area contributed by atoms with Crippen molar-refractivity contribution in [3.8, 4) is 5.88 Å². The van der Waals surface area contributed by atoms with E-state index in [2.05, 4.69) is 34.4 Å². The fourth-order valence-corrected chi connectivity index (χ4v) is 6.81. The number of pyridine rings is 1. The highest BCUT2D eigenvalue weighted by Crippen LogP contribution is 2.37. The minimum Gasteiger partial charge on any atom is -0.493 e. The van der Waals surface area contributed by atoms with Crippen LogP contribution in [0.4, 0.5) is 22.7 Å². The molecule has 3 rings (SSSR count). The molecule has 0 saturated carbocycles. The number of carbonyl (C=O) groups excluding carboxylic acids is 1. The molecule has 0 aliphatic heterocycles. The first kappa shape index (κ1) is 38.4. The van der Waals surface area contributed by atoms with Gasteiger partial charge in [0.1, 0.15) is 0 Å². The van der Waals surface area contributed by atoms with Crippen molar-refractivity contribution in [2.24, 2.45) is 10.2 Å². The molecular formula is C36H51N5O6S. The maximum absolute atomic E-state index is 13.8. The minimum absolute atomic E-state index is 0.0331. The quantitative estimate of drug-likeness (QED) is 0.0543. The van der Waals surface area contributed by atoms with E-state index in [1.807, 2.05) is 0 Å². The van der Waals surface area contributed by atoms with Crippen LogP contribution in [0.3, 0.4) is 0 Å². The van der Waals surface area contributed by atoms with E-state index in [4.69, 9.17) is 4.74 Å². The van der Waals surface area contributed by atoms with Crippen molar-refractivity contribution in [2.45, 2.75) is 103 Å². The number of ether oxygens (including phenoxy) is 1. The van der Waals surface area contributed by atoms with Crippen LogP contribution < -0.4 is 10.9 Å². The predicted octanol–water partition coefficient (Wildman–Crippen LogP) is 9.13. The van der Waals surface area contributed by atoms with Crippen molar-refractivity contribution >= 4 is 38.7 Å². The fraction of sp³-hybridized carbons (Fsp3) is 0.500. The molecule has 0 aliphatic rings. The van der Waals surface area contributed by atoms with Gasteiger partial charge in [0, 0.05) is 18.8 Å². The zero-order valence-corrected chi connectivity index (χ0v) is 29.4. The van der Waals surface area contributed by atoms with E-state index in [0.717, 1.165) is 38.5 Å². The molecule has 0 aliphatic carbocycles. The highest BCUT2D eigenvalue weighted by atomic mass is 32.2. The number of rotatable bonds is 22. The number of benzene rings is 2. The molecule has 12 heteroatoms. The van der Waals surface area contributed by atoms with Crippen LogP contribution in [0.2, 0.25) is 0 Å². The number of sulfonamides is 1. The molecule has 0 atom stereocenters. The Labute approximate surface area is 284 Å². The lowest BCUT2D eigenvalue weighted by Gasteiger charge is -2.22. The molecule has 0 amide bonds. The molecule has 2 aromatic carbocycles. The third kappa shape index (κ3) is 11.6. The second kappa shape index (κ2) is 20.4. The van der Waals surface area contributed by atoms with Gasteiger partial charge in [-0.15, -0.1) is 5.11 Å². The van der Waals surface area contributed by atoms with Gasteiger partial charge in [-0.3, -0.25) is 9.78 Å². The number of hydrogen-bond acceptors (Lipinski definition) is 9. The minimum atomic E-state index is -3.73. The Hall–Kier alpha value is -4.03. The SMILES string of the molecule is CCCCCCCCN(CCCCCCCC)S(=O)(=O)c1ccc(/N=N/c2c(O)[nH]c(=O)c(C(=O)OCC)c2Nc2ccccc2)cc1. The Kier molecular flexibility index (Phi) is 16.3. The van der Waals surface area contributed by atoms with Gasteiger partial charge in [0.05, 0.1) is 22.9 Å². The maximum atomic E-state index is 13.8. The first-order valence-electron chi connectivity index (χ1n) is 17.2. The molecule has 0 saturated heterocycles. The van der Waals surface area contributed by atoms with Gasteiger partial charge in [0.25, 0.3) is 5.56 Å². The van der Waals surface area contributed by atoms with Gasteiger partial charge in [-0.1, -0.05) is 96.3 Å². The van der Waals surface area contributed by atoms with Crippen molar-refractivity contribution in [1.29, 1.82) is 0 Å². The van der Waals surface area contributed by atoms with Crippen molar-refractivity contribution in [3.63, 3.8) is 0 Å². The average Bonchev–Trinajstić information content (AvgIpc) is 3.07. The second-order valence-corrected chi connectivity index (χ2v) is 13.7. The van der Waals surface area contributed by atoms with Crippen molar-refractivity contribution in [1.82, 2.24) is 9.29 Å². The zero-order valence-electron chi connectivity index (χ0n) is 28.5. The third-order valence-electron chi connectivity index (χ3n) is 7.95. The normalized spacial score (nSPS) is 11.8. The van der Waals surface area contributed by atoms with Gasteiger partial charge in [0.2, 0.25) is 15.9 Å². The molecule has 1 heterocycles. The number of aromatic hydroxyl groups is 1. The number of nitrogens with one attached hydrogen (secondary N) is 2. The first-order chi connectivity index (χ1) is 23.2. The molecule has 0 fully saturated rings. The van der Waals surface area contributed by atoms with E-state index in [9.17, 15) is 23.1 Å². The van der Waals surface area contributed by atoms with Gasteiger partial charge < -0.3 is 15.2 Å². The summed E-state index contributed by atoms with van der Waals surface area (Å²) >= 11 is 0. The lowest BCUT2D eigenvalue weighted by Crippen LogP contribution is -2.33. The lowest BCUT2D eigenvalue weighted by molar-refractivity contribution is 0.0525. The number of azo groups is 1. The van der Waals surface area contributed by atoms with Gasteiger partial charge in [-0.2, -0.15) is 9.42 Å². The van der Waals surface area contributed by atoms with E-state index < -0.39 is 27.4 Å². The van der Waals surface area contributed by atoms with E-state index >= 15 is 0 Å². The van der Waals surface area contributed by atoms with Crippen molar-refractivity contribution in [2.75, 3.05) is 25.0 Å². The smallest absolute Gasteiger partial charge is 0.346 e. The molecule has 11 nitrogen and oxygen atoms in total. The molecule has 3 aromatic rings. The Morgan fingerprint density at radius 2 is 1.38 bits per heavy atom. The highest BCUT2D eigenvalue weighted by molar-refractivity contribution is 7.89. The Bertz CT molecular complexity index is 1590. The first-order valence-corrected chi connectivity index (χ1v) is 18.7. The molecule has 0 radical (unpaired) electrons. The van der Waals surface area contributed by atoms with Crippen LogP contribution in [0.15, 0.2) is 74.5 Å². The summed E-state index contributed by atoms with van der Waals surface area (Å²) in [4.78, 5) is 27.9. The number of esters is 1. The largest absolute Gasteiger partial charge is 0.493 e. The van der Waals surface area contributed by atoms with E-state index in [-0.39, 0.29) is 28.4 Å². The Balaban J connectivity index is 1.85. The number of H-pyrrole nitrogens is 1. The number of carbonyl (C=O) groups is 1. The van der Waals surface area contributed by atoms with Crippen molar-refractivity contribution < 1.29 is 23.1 Å². The van der Waals surface area contributed by atoms with E-state index in [1.54, 1.807) is 41.6 Å². The highest BCUT2D eigenvalue weighted by Gasteiger charge is 2.26. The summed E-state index contributed by atoms with van der Waals surface area (Å²) in [5.74, 6) is -1.50. The summed E-state index contributed by atoms with van der Waals surface area (Å²) in [7, 11) is -3.73. The monoisotopic (exact) mass is 681 g/mol. The number of para-hydroxylation sites is 1. The fourth-order valence-electron chi connectivity index (χ4n) is 5.29. The van der Waals surface area contributed by atoms with Crippen LogP contribution in [0.25, 0.3) is 0 Å². The number of aromatic nitrogens is 1. The number of aromatic amines is 1. The Morgan fingerprint density at radius 1 is 0.812 bits per heavy atom. The van der Waals surface area contributed by atoms with Gasteiger partial charge >= 0.3 is 5.97 Å². The average molecular weight is 682 g/mol. The summed E-state index contributed by atoms with van der Waals surface area (Å²) in [5.41, 5.74) is -0.660. The molecular weight excluding hydrogens is 630 g/mol. The zero-order chi connectivity index (χ0) is 34.8. The van der Waals surface area contributed by atoms with Crippen LogP contribution in [0.1, 0.15) is 108 Å². The van der Waals surface area contributed by atoms with Crippen LogP contribution in [-0.4, -0.2) is 48.5 Å². The predicted molar refractivity (Wildman–Crippen MR) is 191 cm³/mol. The van der Waals surface area contributed by atoms with Gasteiger partial charge in [-0.05, 0) is 56.2 Å². The van der Waals surface area contributed by atoms with Gasteiger partial charge in [0.15, 0.2) is 11.3 Å². The topological polar surface area (TPSA) is 154 Å². The number of hydrogen-bond donors (Lipinski definition) is 3. The summed E-state index contributed by atoms with van der Waals surface area (Å²) in [6.45, 7) is 6.97. The maximum Gasteiger partial charge on any atom is 0.346 e. The van der Waals surface area contributed by atoms with Crippen LogP contribution in [0.5, 0.6) is 5.88 Å². The summed E-state index contributed by atoms with van der Waals surface area (Å²) < 4.78 is 34.2. The van der Waals surface area contributed by atoms with E-state index in [0.29, 0.717) is 24.5 Å². The van der Waals surface area contributed by atoms with Crippen LogP contribution in [0, 0.1) is 0 Å². The number of anilines is 2. The van der Waals surface area contributed by atoms with Gasteiger partial charge in [-0.25, -0.2) is 13.2 Å². The molecule has 48 heavy (non-hydrogen) atoms. The number of unbranched alkanes of at least 4 members (excludes halogenated alkanes) is 10.